The molecule has 1 N–H and O–H groups in total. The smallest absolute Gasteiger partial charge is 0.335 e. The number of rotatable bonds is 4. The fourth-order valence-corrected chi connectivity index (χ4v) is 2.95. The molecule has 2 nitrogen and oxygen atoms in total. The highest BCUT2D eigenvalue weighted by atomic mass is 32.2. The number of benzene rings is 2. The average Bonchev–Trinajstić information content (AvgIpc) is 2.37. The van der Waals surface area contributed by atoms with Gasteiger partial charge in [0.25, 0.3) is 0 Å². The van der Waals surface area contributed by atoms with E-state index in [2.05, 4.69) is 31.2 Å². The normalized spacial score (nSPS) is 10.4. The monoisotopic (exact) mass is 272 g/mol. The van der Waals surface area contributed by atoms with Crippen molar-refractivity contribution in [1.82, 2.24) is 0 Å². The molecule has 2 rings (SSSR count). The summed E-state index contributed by atoms with van der Waals surface area (Å²) in [5.74, 6) is -0.0178. The maximum atomic E-state index is 10.9. The summed E-state index contributed by atoms with van der Waals surface area (Å²) in [6.07, 6.45) is 0. The van der Waals surface area contributed by atoms with Crippen molar-refractivity contribution in [2.24, 2.45) is 0 Å². The summed E-state index contributed by atoms with van der Waals surface area (Å²) in [6, 6.07) is 13.7. The Balaban J connectivity index is 2.10. The van der Waals surface area contributed by atoms with Crippen LogP contribution in [-0.2, 0) is 5.75 Å². The number of carboxylic acids is 1. The van der Waals surface area contributed by atoms with Crippen LogP contribution in [0.4, 0.5) is 0 Å². The Morgan fingerprint density at radius 3 is 2.58 bits per heavy atom. The summed E-state index contributed by atoms with van der Waals surface area (Å²) in [5, 5.41) is 8.93. The van der Waals surface area contributed by atoms with Crippen LogP contribution in [0.15, 0.2) is 47.4 Å². The van der Waals surface area contributed by atoms with E-state index in [1.807, 2.05) is 13.0 Å². The van der Waals surface area contributed by atoms with Gasteiger partial charge in [-0.3, -0.25) is 0 Å². The van der Waals surface area contributed by atoms with Gasteiger partial charge >= 0.3 is 5.97 Å². The molecule has 0 amide bonds. The Hall–Kier alpha value is -1.74. The highest BCUT2D eigenvalue weighted by Gasteiger charge is 2.06. The Kier molecular flexibility index (Phi) is 4.27. The molecule has 0 aromatic heterocycles. The van der Waals surface area contributed by atoms with Crippen LogP contribution in [0.1, 0.15) is 27.0 Å². The van der Waals surface area contributed by atoms with Gasteiger partial charge in [0.1, 0.15) is 0 Å². The summed E-state index contributed by atoms with van der Waals surface area (Å²) >= 11 is 1.77. The van der Waals surface area contributed by atoms with Crippen LogP contribution in [-0.4, -0.2) is 11.1 Å². The average molecular weight is 272 g/mol. The Morgan fingerprint density at radius 1 is 1.16 bits per heavy atom. The lowest BCUT2D eigenvalue weighted by atomic mass is 10.1. The molecule has 0 saturated heterocycles. The predicted octanol–water partition coefficient (Wildman–Crippen LogP) is 4.29. The number of carbonyl (C=O) groups is 1. The fraction of sp³-hybridized carbons (Fsp3) is 0.188. The molecule has 0 aliphatic carbocycles. The van der Waals surface area contributed by atoms with E-state index in [0.717, 1.165) is 11.3 Å². The standard InChI is InChI=1S/C16H16O2S/c1-11-4-3-5-15(8-11)19-10-14-7-6-13(16(17)18)9-12(14)2/h3-9H,10H2,1-2H3,(H,17,18). The second-order valence-electron chi connectivity index (χ2n) is 4.55. The van der Waals surface area contributed by atoms with E-state index < -0.39 is 5.97 Å². The minimum Gasteiger partial charge on any atom is -0.478 e. The van der Waals surface area contributed by atoms with E-state index in [1.165, 1.54) is 16.0 Å². The van der Waals surface area contributed by atoms with E-state index in [1.54, 1.807) is 23.9 Å². The molecule has 0 fully saturated rings. The van der Waals surface area contributed by atoms with Crippen molar-refractivity contribution in [3.05, 3.63) is 64.7 Å². The molecule has 98 valence electrons. The zero-order valence-electron chi connectivity index (χ0n) is 11.0. The first-order valence-corrected chi connectivity index (χ1v) is 7.07. The summed E-state index contributed by atoms with van der Waals surface area (Å²) in [4.78, 5) is 12.1. The van der Waals surface area contributed by atoms with Crippen LogP contribution in [0.5, 0.6) is 0 Å². The van der Waals surface area contributed by atoms with Crippen LogP contribution in [0, 0.1) is 13.8 Å². The van der Waals surface area contributed by atoms with Gasteiger partial charge in [-0.1, -0.05) is 23.8 Å². The topological polar surface area (TPSA) is 37.3 Å². The zero-order valence-corrected chi connectivity index (χ0v) is 11.8. The maximum Gasteiger partial charge on any atom is 0.335 e. The lowest BCUT2D eigenvalue weighted by Gasteiger charge is -2.07. The van der Waals surface area contributed by atoms with Gasteiger partial charge < -0.3 is 5.11 Å². The number of aromatic carboxylic acids is 1. The third kappa shape index (κ3) is 3.61. The van der Waals surface area contributed by atoms with Crippen molar-refractivity contribution < 1.29 is 9.90 Å². The molecule has 0 unspecified atom stereocenters. The van der Waals surface area contributed by atoms with E-state index >= 15 is 0 Å². The summed E-state index contributed by atoms with van der Waals surface area (Å²) < 4.78 is 0. The molecule has 19 heavy (non-hydrogen) atoms. The van der Waals surface area contributed by atoms with Gasteiger partial charge in [-0.25, -0.2) is 4.79 Å². The van der Waals surface area contributed by atoms with Crippen molar-refractivity contribution >= 4 is 17.7 Å². The van der Waals surface area contributed by atoms with Crippen molar-refractivity contribution in [2.75, 3.05) is 0 Å². The second-order valence-corrected chi connectivity index (χ2v) is 5.60. The lowest BCUT2D eigenvalue weighted by molar-refractivity contribution is 0.0697. The van der Waals surface area contributed by atoms with Gasteiger partial charge in [-0.15, -0.1) is 11.8 Å². The van der Waals surface area contributed by atoms with Crippen molar-refractivity contribution in [3.63, 3.8) is 0 Å². The van der Waals surface area contributed by atoms with E-state index in [4.69, 9.17) is 5.11 Å². The molecular weight excluding hydrogens is 256 g/mol. The number of carboxylic acid groups (broad SMARTS) is 1. The molecule has 0 atom stereocenters. The molecule has 0 spiro atoms. The van der Waals surface area contributed by atoms with Crippen molar-refractivity contribution in [1.29, 1.82) is 0 Å². The molecule has 0 radical (unpaired) electrons. The molecule has 0 aliphatic heterocycles. The zero-order chi connectivity index (χ0) is 13.8. The van der Waals surface area contributed by atoms with Crippen molar-refractivity contribution in [2.45, 2.75) is 24.5 Å². The molecule has 0 heterocycles. The lowest BCUT2D eigenvalue weighted by Crippen LogP contribution is -1.98. The molecule has 3 heteroatoms. The highest BCUT2D eigenvalue weighted by molar-refractivity contribution is 7.98. The summed E-state index contributed by atoms with van der Waals surface area (Å²) in [6.45, 7) is 4.04. The molecular formula is C16H16O2S. The minimum absolute atomic E-state index is 0.349. The fourth-order valence-electron chi connectivity index (χ4n) is 1.86. The van der Waals surface area contributed by atoms with Gasteiger partial charge in [-0.05, 0) is 49.2 Å². The maximum absolute atomic E-state index is 10.9. The second kappa shape index (κ2) is 5.93. The molecule has 2 aromatic carbocycles. The number of aryl methyl sites for hydroxylation is 2. The summed E-state index contributed by atoms with van der Waals surface area (Å²) in [7, 11) is 0. The van der Waals surface area contributed by atoms with Crippen LogP contribution >= 0.6 is 11.8 Å². The third-order valence-electron chi connectivity index (χ3n) is 2.97. The largest absolute Gasteiger partial charge is 0.478 e. The Morgan fingerprint density at radius 2 is 1.95 bits per heavy atom. The quantitative estimate of drug-likeness (QED) is 0.843. The van der Waals surface area contributed by atoms with E-state index in [-0.39, 0.29) is 0 Å². The third-order valence-corrected chi connectivity index (χ3v) is 4.02. The van der Waals surface area contributed by atoms with Gasteiger partial charge in [0.2, 0.25) is 0 Å². The Labute approximate surface area is 117 Å². The van der Waals surface area contributed by atoms with E-state index in [9.17, 15) is 4.79 Å². The first kappa shape index (κ1) is 13.7. The van der Waals surface area contributed by atoms with Gasteiger partial charge in [-0.2, -0.15) is 0 Å². The van der Waals surface area contributed by atoms with Crippen LogP contribution in [0.25, 0.3) is 0 Å². The first-order chi connectivity index (χ1) is 9.06. The SMILES string of the molecule is Cc1cccc(SCc2ccc(C(=O)O)cc2C)c1. The van der Waals surface area contributed by atoms with Crippen LogP contribution in [0.3, 0.4) is 0 Å². The van der Waals surface area contributed by atoms with Gasteiger partial charge in [0.05, 0.1) is 5.56 Å². The number of hydrogen-bond donors (Lipinski definition) is 1. The van der Waals surface area contributed by atoms with E-state index in [0.29, 0.717) is 5.56 Å². The van der Waals surface area contributed by atoms with Crippen LogP contribution in [0.2, 0.25) is 0 Å². The Bertz CT molecular complexity index is 605. The molecule has 2 aromatic rings. The number of thioether (sulfide) groups is 1. The predicted molar refractivity (Wildman–Crippen MR) is 78.9 cm³/mol. The number of hydrogen-bond acceptors (Lipinski definition) is 2. The molecule has 0 aliphatic rings. The molecule has 0 saturated carbocycles. The van der Waals surface area contributed by atoms with Crippen molar-refractivity contribution in [3.8, 4) is 0 Å². The summed E-state index contributed by atoms with van der Waals surface area (Å²) in [5.41, 5.74) is 3.81. The first-order valence-electron chi connectivity index (χ1n) is 6.08. The highest BCUT2D eigenvalue weighted by Crippen LogP contribution is 2.25. The molecule has 0 bridgehead atoms. The minimum atomic E-state index is -0.874. The van der Waals surface area contributed by atoms with Gasteiger partial charge in [0.15, 0.2) is 0 Å². The van der Waals surface area contributed by atoms with Crippen LogP contribution < -0.4 is 0 Å². The van der Waals surface area contributed by atoms with Gasteiger partial charge in [0, 0.05) is 10.6 Å².